The molecule has 2 rings (SSSR count). The van der Waals surface area contributed by atoms with Gasteiger partial charge in [-0.25, -0.2) is 4.39 Å². The average Bonchev–Trinajstić information content (AvgIpc) is 2.41. The molecule has 1 aromatic rings. The van der Waals surface area contributed by atoms with Crippen LogP contribution in [-0.4, -0.2) is 31.1 Å². The highest BCUT2D eigenvalue weighted by Crippen LogP contribution is 2.32. The summed E-state index contributed by atoms with van der Waals surface area (Å²) in [6, 6.07) is 5.51. The third-order valence-electron chi connectivity index (χ3n) is 3.69. The van der Waals surface area contributed by atoms with E-state index < -0.39 is 0 Å². The summed E-state index contributed by atoms with van der Waals surface area (Å²) in [4.78, 5) is 2.39. The Bertz CT molecular complexity index is 394. The fourth-order valence-electron chi connectivity index (χ4n) is 2.71. The van der Waals surface area contributed by atoms with Gasteiger partial charge >= 0.3 is 0 Å². The maximum Gasteiger partial charge on any atom is 0.168 e. The number of likely N-dealkylation sites (N-methyl/N-ethyl adjacent to an activating group) is 1. The van der Waals surface area contributed by atoms with Gasteiger partial charge in [-0.3, -0.25) is 0 Å². The van der Waals surface area contributed by atoms with Gasteiger partial charge < -0.3 is 9.64 Å². The Labute approximate surface area is 109 Å². The van der Waals surface area contributed by atoms with Gasteiger partial charge in [0.05, 0.1) is 6.61 Å². The second-order valence-corrected chi connectivity index (χ2v) is 4.82. The van der Waals surface area contributed by atoms with Gasteiger partial charge in [-0.1, -0.05) is 19.1 Å². The third-order valence-corrected chi connectivity index (χ3v) is 3.69. The second-order valence-electron chi connectivity index (χ2n) is 4.82. The molecule has 1 heterocycles. The summed E-state index contributed by atoms with van der Waals surface area (Å²) in [5, 5.41) is 0. The zero-order valence-corrected chi connectivity index (χ0v) is 11.3. The van der Waals surface area contributed by atoms with E-state index in [1.807, 2.05) is 19.1 Å². The molecule has 1 aliphatic heterocycles. The minimum atomic E-state index is -0.165. The molecule has 3 heteroatoms. The number of nitrogens with zero attached hydrogens (tertiary/aromatic N) is 1. The summed E-state index contributed by atoms with van der Waals surface area (Å²) >= 11 is 0. The SMILES string of the molecule is CCOc1cccc(C2CCCN(CC)C2)c1F. The predicted octanol–water partition coefficient (Wildman–Crippen LogP) is 3.42. The summed E-state index contributed by atoms with van der Waals surface area (Å²) in [6.45, 7) is 7.69. The maximum absolute atomic E-state index is 14.3. The highest BCUT2D eigenvalue weighted by molar-refractivity contribution is 5.33. The third kappa shape index (κ3) is 2.83. The van der Waals surface area contributed by atoms with Crippen LogP contribution in [0.3, 0.4) is 0 Å². The van der Waals surface area contributed by atoms with Crippen LogP contribution in [0.25, 0.3) is 0 Å². The van der Waals surface area contributed by atoms with Crippen molar-refractivity contribution in [2.24, 2.45) is 0 Å². The highest BCUT2D eigenvalue weighted by atomic mass is 19.1. The first-order valence-electron chi connectivity index (χ1n) is 6.89. The van der Waals surface area contributed by atoms with Crippen molar-refractivity contribution in [1.82, 2.24) is 4.90 Å². The van der Waals surface area contributed by atoms with Crippen LogP contribution in [0.4, 0.5) is 4.39 Å². The molecular formula is C15H22FNO. The van der Waals surface area contributed by atoms with Gasteiger partial charge in [0.15, 0.2) is 11.6 Å². The zero-order chi connectivity index (χ0) is 13.0. The van der Waals surface area contributed by atoms with Gasteiger partial charge in [-0.05, 0) is 50.4 Å². The Kier molecular flexibility index (Phi) is 4.59. The number of benzene rings is 1. The van der Waals surface area contributed by atoms with E-state index in [0.717, 1.165) is 38.0 Å². The number of hydrogen-bond donors (Lipinski definition) is 0. The highest BCUT2D eigenvalue weighted by Gasteiger charge is 2.24. The van der Waals surface area contributed by atoms with Crippen LogP contribution >= 0.6 is 0 Å². The van der Waals surface area contributed by atoms with Crippen molar-refractivity contribution in [2.75, 3.05) is 26.2 Å². The number of hydrogen-bond acceptors (Lipinski definition) is 2. The normalized spacial score (nSPS) is 20.9. The molecule has 18 heavy (non-hydrogen) atoms. The lowest BCUT2D eigenvalue weighted by molar-refractivity contribution is 0.215. The standard InChI is InChI=1S/C15H22FNO/c1-3-17-10-6-7-12(11-17)13-8-5-9-14(15(13)16)18-4-2/h5,8-9,12H,3-4,6-7,10-11H2,1-2H3. The summed E-state index contributed by atoms with van der Waals surface area (Å²) in [5.41, 5.74) is 0.819. The van der Waals surface area contributed by atoms with E-state index in [9.17, 15) is 4.39 Å². The number of halogens is 1. The van der Waals surface area contributed by atoms with Gasteiger partial charge in [0, 0.05) is 6.54 Å². The molecule has 0 saturated carbocycles. The quantitative estimate of drug-likeness (QED) is 0.813. The number of likely N-dealkylation sites (tertiary alicyclic amines) is 1. The Morgan fingerprint density at radius 2 is 2.22 bits per heavy atom. The number of piperidine rings is 1. The minimum Gasteiger partial charge on any atom is -0.491 e. The first-order valence-corrected chi connectivity index (χ1v) is 6.89. The smallest absolute Gasteiger partial charge is 0.168 e. The minimum absolute atomic E-state index is 0.165. The molecule has 0 radical (unpaired) electrons. The van der Waals surface area contributed by atoms with Gasteiger partial charge in [-0.2, -0.15) is 0 Å². The van der Waals surface area contributed by atoms with E-state index in [1.165, 1.54) is 0 Å². The van der Waals surface area contributed by atoms with Gasteiger partial charge in [0.25, 0.3) is 0 Å². The topological polar surface area (TPSA) is 12.5 Å². The first-order chi connectivity index (χ1) is 8.76. The van der Waals surface area contributed by atoms with E-state index in [0.29, 0.717) is 18.3 Å². The molecule has 100 valence electrons. The fourth-order valence-corrected chi connectivity index (χ4v) is 2.71. The zero-order valence-electron chi connectivity index (χ0n) is 11.3. The summed E-state index contributed by atoms with van der Waals surface area (Å²) in [7, 11) is 0. The maximum atomic E-state index is 14.3. The van der Waals surface area contributed by atoms with Gasteiger partial charge in [0.2, 0.25) is 0 Å². The van der Waals surface area contributed by atoms with Crippen molar-refractivity contribution < 1.29 is 9.13 Å². The molecule has 0 bridgehead atoms. The van der Waals surface area contributed by atoms with E-state index in [-0.39, 0.29) is 5.82 Å². The lowest BCUT2D eigenvalue weighted by Gasteiger charge is -2.32. The van der Waals surface area contributed by atoms with Crippen molar-refractivity contribution in [1.29, 1.82) is 0 Å². The van der Waals surface area contributed by atoms with Gasteiger partial charge in [-0.15, -0.1) is 0 Å². The van der Waals surface area contributed by atoms with Crippen LogP contribution < -0.4 is 4.74 Å². The second kappa shape index (κ2) is 6.19. The van der Waals surface area contributed by atoms with Crippen molar-refractivity contribution in [3.63, 3.8) is 0 Å². The molecule has 1 unspecified atom stereocenters. The van der Waals surface area contributed by atoms with Crippen LogP contribution in [0.5, 0.6) is 5.75 Å². The molecule has 1 fully saturated rings. The molecule has 1 aliphatic rings. The molecule has 2 nitrogen and oxygen atoms in total. The van der Waals surface area contributed by atoms with E-state index in [4.69, 9.17) is 4.74 Å². The molecule has 0 amide bonds. The van der Waals surface area contributed by atoms with Gasteiger partial charge in [0.1, 0.15) is 0 Å². The Hall–Kier alpha value is -1.09. The lowest BCUT2D eigenvalue weighted by atomic mass is 9.90. The van der Waals surface area contributed by atoms with E-state index in [2.05, 4.69) is 11.8 Å². The molecular weight excluding hydrogens is 229 g/mol. The lowest BCUT2D eigenvalue weighted by Crippen LogP contribution is -2.34. The molecule has 0 aromatic heterocycles. The summed E-state index contributed by atoms with van der Waals surface area (Å²) in [5.74, 6) is 0.532. The summed E-state index contributed by atoms with van der Waals surface area (Å²) in [6.07, 6.45) is 2.22. The Morgan fingerprint density at radius 3 is 2.94 bits per heavy atom. The van der Waals surface area contributed by atoms with Crippen molar-refractivity contribution in [3.05, 3.63) is 29.6 Å². The molecule has 0 spiro atoms. The Morgan fingerprint density at radius 1 is 1.39 bits per heavy atom. The van der Waals surface area contributed by atoms with Crippen molar-refractivity contribution in [3.8, 4) is 5.75 Å². The molecule has 0 aliphatic carbocycles. The van der Waals surface area contributed by atoms with Crippen molar-refractivity contribution in [2.45, 2.75) is 32.6 Å². The van der Waals surface area contributed by atoms with E-state index in [1.54, 1.807) is 6.07 Å². The van der Waals surface area contributed by atoms with E-state index >= 15 is 0 Å². The van der Waals surface area contributed by atoms with Crippen LogP contribution in [-0.2, 0) is 0 Å². The molecule has 1 saturated heterocycles. The van der Waals surface area contributed by atoms with Crippen LogP contribution in [0.2, 0.25) is 0 Å². The number of rotatable bonds is 4. The van der Waals surface area contributed by atoms with Crippen LogP contribution in [0, 0.1) is 5.82 Å². The van der Waals surface area contributed by atoms with Crippen molar-refractivity contribution >= 4 is 0 Å². The van der Waals surface area contributed by atoms with Crippen LogP contribution in [0.1, 0.15) is 38.2 Å². The summed E-state index contributed by atoms with van der Waals surface area (Å²) < 4.78 is 19.7. The average molecular weight is 251 g/mol. The predicted molar refractivity (Wildman–Crippen MR) is 71.7 cm³/mol. The number of ether oxygens (including phenoxy) is 1. The Balaban J connectivity index is 2.19. The molecule has 1 aromatic carbocycles. The fraction of sp³-hybridized carbons (Fsp3) is 0.600. The monoisotopic (exact) mass is 251 g/mol. The van der Waals surface area contributed by atoms with Crippen LogP contribution in [0.15, 0.2) is 18.2 Å². The molecule has 0 N–H and O–H groups in total. The largest absolute Gasteiger partial charge is 0.491 e. The molecule has 1 atom stereocenters. The first kappa shape index (κ1) is 13.3.